The van der Waals surface area contributed by atoms with Crippen molar-refractivity contribution in [2.75, 3.05) is 6.61 Å². The van der Waals surface area contributed by atoms with Crippen LogP contribution < -0.4 is 4.74 Å². The number of rotatable bonds is 19. The molecule has 0 fully saturated rings. The van der Waals surface area contributed by atoms with Crippen molar-refractivity contribution >= 4 is 5.97 Å². The summed E-state index contributed by atoms with van der Waals surface area (Å²) in [6.07, 6.45) is 17.1. The Bertz CT molecular complexity index is 581. The van der Waals surface area contributed by atoms with Gasteiger partial charge < -0.3 is 9.47 Å². The highest BCUT2D eigenvalue weighted by atomic mass is 16.5. The normalized spacial score (nSPS) is 14.0. The molecule has 0 N–H and O–H groups in total. The van der Waals surface area contributed by atoms with Crippen LogP contribution in [0.15, 0.2) is 24.3 Å². The molecule has 0 aromatic heterocycles. The third kappa shape index (κ3) is 13.1. The zero-order valence-electron chi connectivity index (χ0n) is 21.7. The van der Waals surface area contributed by atoms with Crippen LogP contribution in [0, 0.1) is 11.8 Å². The summed E-state index contributed by atoms with van der Waals surface area (Å²) >= 11 is 0. The van der Waals surface area contributed by atoms with E-state index in [4.69, 9.17) is 9.47 Å². The Morgan fingerprint density at radius 2 is 1.28 bits per heavy atom. The molecule has 32 heavy (non-hydrogen) atoms. The van der Waals surface area contributed by atoms with Crippen molar-refractivity contribution in [3.05, 3.63) is 29.8 Å². The molecule has 0 aliphatic rings. The van der Waals surface area contributed by atoms with E-state index in [2.05, 4.69) is 27.7 Å². The van der Waals surface area contributed by atoms with Gasteiger partial charge in [-0.15, -0.1) is 0 Å². The number of hydrogen-bond donors (Lipinski definition) is 0. The standard InChI is InChI=1S/C29H50O3/c1-6-24(3)18-16-14-12-10-8-9-11-13-15-17-23-31-28-21-19-27(20-22-28)29(30)32-26(5)25(4)7-2/h19-22,24-26H,6-18,23H2,1-5H3. The molecule has 0 amide bonds. The summed E-state index contributed by atoms with van der Waals surface area (Å²) in [5, 5.41) is 0. The number of unbranched alkanes of at least 4 members (excludes halogenated alkanes) is 9. The topological polar surface area (TPSA) is 35.5 Å². The molecule has 3 atom stereocenters. The third-order valence-corrected chi connectivity index (χ3v) is 6.89. The van der Waals surface area contributed by atoms with E-state index in [1.165, 1.54) is 70.6 Å². The molecule has 0 heterocycles. The van der Waals surface area contributed by atoms with Crippen LogP contribution in [0.1, 0.15) is 128 Å². The molecule has 1 aromatic carbocycles. The highest BCUT2D eigenvalue weighted by Gasteiger charge is 2.16. The minimum atomic E-state index is -0.254. The predicted octanol–water partition coefficient (Wildman–Crippen LogP) is 8.99. The second kappa shape index (κ2) is 18.0. The van der Waals surface area contributed by atoms with Crippen molar-refractivity contribution in [3.8, 4) is 5.75 Å². The summed E-state index contributed by atoms with van der Waals surface area (Å²) in [6.45, 7) is 11.6. The lowest BCUT2D eigenvalue weighted by Gasteiger charge is -2.19. The minimum absolute atomic E-state index is 0.0668. The van der Waals surface area contributed by atoms with Crippen molar-refractivity contribution in [1.29, 1.82) is 0 Å². The molecule has 1 aromatic rings. The van der Waals surface area contributed by atoms with Gasteiger partial charge in [0.05, 0.1) is 12.2 Å². The van der Waals surface area contributed by atoms with Crippen LogP contribution >= 0.6 is 0 Å². The lowest BCUT2D eigenvalue weighted by molar-refractivity contribution is 0.0213. The lowest BCUT2D eigenvalue weighted by atomic mass is 9.99. The van der Waals surface area contributed by atoms with Gasteiger partial charge in [-0.3, -0.25) is 0 Å². The fourth-order valence-electron chi connectivity index (χ4n) is 3.78. The molecule has 0 bridgehead atoms. The van der Waals surface area contributed by atoms with E-state index in [1.807, 2.05) is 19.1 Å². The number of ether oxygens (including phenoxy) is 2. The Morgan fingerprint density at radius 1 is 0.750 bits per heavy atom. The maximum absolute atomic E-state index is 12.2. The van der Waals surface area contributed by atoms with Crippen molar-refractivity contribution in [2.24, 2.45) is 11.8 Å². The van der Waals surface area contributed by atoms with Crippen LogP contribution in [0.4, 0.5) is 0 Å². The molecule has 0 saturated carbocycles. The summed E-state index contributed by atoms with van der Waals surface area (Å²) < 4.78 is 11.4. The molecule has 0 radical (unpaired) electrons. The van der Waals surface area contributed by atoms with E-state index >= 15 is 0 Å². The van der Waals surface area contributed by atoms with Gasteiger partial charge in [0.15, 0.2) is 0 Å². The van der Waals surface area contributed by atoms with Crippen LogP contribution in [-0.2, 0) is 4.74 Å². The summed E-state index contributed by atoms with van der Waals surface area (Å²) in [6, 6.07) is 7.33. The molecule has 3 nitrogen and oxygen atoms in total. The van der Waals surface area contributed by atoms with E-state index in [0.29, 0.717) is 11.5 Å². The van der Waals surface area contributed by atoms with Gasteiger partial charge >= 0.3 is 5.97 Å². The number of benzene rings is 1. The van der Waals surface area contributed by atoms with Gasteiger partial charge in [0.2, 0.25) is 0 Å². The lowest BCUT2D eigenvalue weighted by Crippen LogP contribution is -2.21. The monoisotopic (exact) mass is 446 g/mol. The molecular weight excluding hydrogens is 396 g/mol. The van der Waals surface area contributed by atoms with Gasteiger partial charge in [0.1, 0.15) is 11.9 Å². The molecule has 0 saturated heterocycles. The molecule has 3 unspecified atom stereocenters. The fraction of sp³-hybridized carbons (Fsp3) is 0.759. The number of carbonyl (C=O) groups excluding carboxylic acids is 1. The average molecular weight is 447 g/mol. The second-order valence-corrected chi connectivity index (χ2v) is 9.71. The van der Waals surface area contributed by atoms with E-state index in [-0.39, 0.29) is 12.1 Å². The van der Waals surface area contributed by atoms with Gasteiger partial charge in [0, 0.05) is 0 Å². The molecular formula is C29H50O3. The maximum atomic E-state index is 12.2. The molecule has 0 spiro atoms. The van der Waals surface area contributed by atoms with Crippen LogP contribution in [0.2, 0.25) is 0 Å². The van der Waals surface area contributed by atoms with Gasteiger partial charge in [-0.2, -0.15) is 0 Å². The molecule has 0 aliphatic carbocycles. The van der Waals surface area contributed by atoms with Crippen molar-refractivity contribution in [3.63, 3.8) is 0 Å². The van der Waals surface area contributed by atoms with E-state index < -0.39 is 0 Å². The Morgan fingerprint density at radius 3 is 1.81 bits per heavy atom. The third-order valence-electron chi connectivity index (χ3n) is 6.89. The molecule has 0 aliphatic heterocycles. The summed E-state index contributed by atoms with van der Waals surface area (Å²) in [7, 11) is 0. The smallest absolute Gasteiger partial charge is 0.338 e. The zero-order chi connectivity index (χ0) is 23.6. The average Bonchev–Trinajstić information content (AvgIpc) is 2.81. The van der Waals surface area contributed by atoms with E-state index in [1.54, 1.807) is 12.1 Å². The van der Waals surface area contributed by atoms with Gasteiger partial charge in [-0.05, 0) is 49.4 Å². The van der Waals surface area contributed by atoms with Crippen LogP contribution in [-0.4, -0.2) is 18.7 Å². The Hall–Kier alpha value is -1.51. The number of esters is 1. The summed E-state index contributed by atoms with van der Waals surface area (Å²) in [5.74, 6) is 1.84. The highest BCUT2D eigenvalue weighted by Crippen LogP contribution is 2.18. The van der Waals surface area contributed by atoms with E-state index in [0.717, 1.165) is 31.1 Å². The summed E-state index contributed by atoms with van der Waals surface area (Å²) in [4.78, 5) is 12.2. The largest absolute Gasteiger partial charge is 0.494 e. The zero-order valence-corrected chi connectivity index (χ0v) is 21.7. The molecule has 3 heteroatoms. The van der Waals surface area contributed by atoms with E-state index in [9.17, 15) is 4.79 Å². The second-order valence-electron chi connectivity index (χ2n) is 9.71. The van der Waals surface area contributed by atoms with Gasteiger partial charge in [0.25, 0.3) is 0 Å². The van der Waals surface area contributed by atoms with Gasteiger partial charge in [-0.25, -0.2) is 4.79 Å². The SMILES string of the molecule is CCC(C)CCCCCCCCCCCCOc1ccc(C(=O)OC(C)C(C)CC)cc1. The Balaban J connectivity index is 2.02. The summed E-state index contributed by atoms with van der Waals surface area (Å²) in [5.41, 5.74) is 0.586. The highest BCUT2D eigenvalue weighted by molar-refractivity contribution is 5.89. The van der Waals surface area contributed by atoms with Crippen molar-refractivity contribution < 1.29 is 14.3 Å². The van der Waals surface area contributed by atoms with Crippen LogP contribution in [0.3, 0.4) is 0 Å². The first-order valence-electron chi connectivity index (χ1n) is 13.4. The maximum Gasteiger partial charge on any atom is 0.338 e. The Labute approximate surface area is 198 Å². The molecule has 184 valence electrons. The first kappa shape index (κ1) is 28.5. The quantitative estimate of drug-likeness (QED) is 0.157. The first-order chi connectivity index (χ1) is 15.5. The van der Waals surface area contributed by atoms with Crippen LogP contribution in [0.5, 0.6) is 5.75 Å². The first-order valence-corrected chi connectivity index (χ1v) is 13.4. The van der Waals surface area contributed by atoms with Gasteiger partial charge in [-0.1, -0.05) is 105 Å². The van der Waals surface area contributed by atoms with Crippen molar-refractivity contribution in [1.82, 2.24) is 0 Å². The fourth-order valence-corrected chi connectivity index (χ4v) is 3.78. The molecule has 1 rings (SSSR count). The number of hydrogen-bond acceptors (Lipinski definition) is 3. The van der Waals surface area contributed by atoms with Crippen LogP contribution in [0.25, 0.3) is 0 Å². The number of carbonyl (C=O) groups is 1. The van der Waals surface area contributed by atoms with Crippen molar-refractivity contribution in [2.45, 2.75) is 124 Å². The predicted molar refractivity (Wildman–Crippen MR) is 137 cm³/mol. The minimum Gasteiger partial charge on any atom is -0.494 e. The Kier molecular flexibility index (Phi) is 16.0.